The van der Waals surface area contributed by atoms with Crippen molar-refractivity contribution in [2.75, 3.05) is 4.90 Å². The van der Waals surface area contributed by atoms with E-state index in [1.807, 2.05) is 0 Å². The van der Waals surface area contributed by atoms with Gasteiger partial charge in [-0.1, -0.05) is 206 Å². The molecule has 58 heavy (non-hydrogen) atoms. The van der Waals surface area contributed by atoms with E-state index in [0.717, 1.165) is 17.1 Å². The van der Waals surface area contributed by atoms with Crippen LogP contribution in [0.25, 0.3) is 54.9 Å². The monoisotopic (exact) mass is 737 g/mol. The third-order valence-electron chi connectivity index (χ3n) is 12.1. The summed E-state index contributed by atoms with van der Waals surface area (Å²) in [6.07, 6.45) is 0. The molecule has 0 aromatic heterocycles. The van der Waals surface area contributed by atoms with E-state index in [9.17, 15) is 0 Å². The van der Waals surface area contributed by atoms with Crippen molar-refractivity contribution in [2.45, 2.75) is 5.41 Å². The summed E-state index contributed by atoms with van der Waals surface area (Å²) in [6, 6.07) is 86.8. The number of hydrogen-bond donors (Lipinski definition) is 0. The highest BCUT2D eigenvalue weighted by Gasteiger charge is 2.46. The molecule has 0 radical (unpaired) electrons. The van der Waals surface area contributed by atoms with Crippen molar-refractivity contribution in [3.63, 3.8) is 0 Å². The zero-order valence-corrected chi connectivity index (χ0v) is 32.0. The highest BCUT2D eigenvalue weighted by molar-refractivity contribution is 6.14. The molecule has 272 valence electrons. The Morgan fingerprint density at radius 3 is 1.60 bits per heavy atom. The first kappa shape index (κ1) is 33.8. The van der Waals surface area contributed by atoms with Crippen LogP contribution in [-0.4, -0.2) is 0 Å². The number of nitrogens with zero attached hydrogens (tertiary/aromatic N) is 1. The first-order chi connectivity index (χ1) is 28.8. The van der Waals surface area contributed by atoms with E-state index in [2.05, 4.69) is 241 Å². The lowest BCUT2D eigenvalue weighted by atomic mass is 9.67. The molecular formula is C57H39N. The first-order valence-electron chi connectivity index (χ1n) is 20.1. The molecule has 0 bridgehead atoms. The van der Waals surface area contributed by atoms with Gasteiger partial charge in [0, 0.05) is 16.9 Å². The second kappa shape index (κ2) is 13.9. The summed E-state index contributed by atoms with van der Waals surface area (Å²) in [4.78, 5) is 2.45. The normalized spacial score (nSPS) is 12.6. The van der Waals surface area contributed by atoms with Gasteiger partial charge in [0.1, 0.15) is 0 Å². The second-order valence-corrected chi connectivity index (χ2v) is 15.2. The van der Waals surface area contributed by atoms with Crippen LogP contribution in [-0.2, 0) is 5.41 Å². The molecule has 10 aromatic rings. The van der Waals surface area contributed by atoms with Crippen molar-refractivity contribution < 1.29 is 0 Å². The molecule has 1 nitrogen and oxygen atoms in total. The highest BCUT2D eigenvalue weighted by atomic mass is 15.1. The van der Waals surface area contributed by atoms with Gasteiger partial charge >= 0.3 is 0 Å². The Morgan fingerprint density at radius 2 is 0.845 bits per heavy atom. The zero-order valence-electron chi connectivity index (χ0n) is 32.0. The van der Waals surface area contributed by atoms with Crippen molar-refractivity contribution in [3.05, 3.63) is 259 Å². The highest BCUT2D eigenvalue weighted by Crippen LogP contribution is 2.57. The smallest absolute Gasteiger partial charge is 0.0714 e. The number of rotatable bonds is 7. The van der Waals surface area contributed by atoms with Crippen LogP contribution in [0.15, 0.2) is 237 Å². The molecule has 0 saturated carbocycles. The molecule has 11 rings (SSSR count). The summed E-state index contributed by atoms with van der Waals surface area (Å²) in [7, 11) is 0. The van der Waals surface area contributed by atoms with Gasteiger partial charge in [-0.3, -0.25) is 0 Å². The molecule has 1 heteroatoms. The number of anilines is 3. The average Bonchev–Trinajstić information content (AvgIpc) is 3.60. The van der Waals surface area contributed by atoms with Gasteiger partial charge in [-0.15, -0.1) is 0 Å². The Labute approximate surface area is 339 Å². The number of fused-ring (bicyclic) bond motifs is 6. The standard InChI is InChI=1S/C57H39N/c1-4-17-40(18-5-1)48-25-13-15-30-55(48)58(46-35-33-42(34-36-46)50-28-16-20-43-32-31-41-19-10-11-26-49(41)56(43)50)47-37-38-52-51-27-12-14-29-53(51)57(54(52)39-47,44-21-6-2-7-22-44)45-23-8-3-9-24-45/h1-39H. The lowest BCUT2D eigenvalue weighted by molar-refractivity contribution is 0.768. The van der Waals surface area contributed by atoms with Gasteiger partial charge in [0.15, 0.2) is 0 Å². The van der Waals surface area contributed by atoms with Crippen LogP contribution in [0.1, 0.15) is 22.3 Å². The van der Waals surface area contributed by atoms with Crippen molar-refractivity contribution in [2.24, 2.45) is 0 Å². The molecule has 10 aromatic carbocycles. The fourth-order valence-electron chi connectivity index (χ4n) is 9.62. The quantitative estimate of drug-likeness (QED) is 0.147. The molecule has 0 aliphatic heterocycles. The minimum Gasteiger partial charge on any atom is -0.310 e. The van der Waals surface area contributed by atoms with E-state index in [-0.39, 0.29) is 0 Å². The molecule has 0 N–H and O–H groups in total. The Hall–Kier alpha value is -7.48. The largest absolute Gasteiger partial charge is 0.310 e. The molecule has 0 saturated heterocycles. The van der Waals surface area contributed by atoms with Crippen LogP contribution < -0.4 is 4.90 Å². The summed E-state index contributed by atoms with van der Waals surface area (Å²) >= 11 is 0. The predicted octanol–water partition coefficient (Wildman–Crippen LogP) is 15.2. The summed E-state index contributed by atoms with van der Waals surface area (Å²) < 4.78 is 0. The molecule has 0 atom stereocenters. The van der Waals surface area contributed by atoms with Gasteiger partial charge in [-0.05, 0) is 102 Å². The lowest BCUT2D eigenvalue weighted by Crippen LogP contribution is -2.28. The van der Waals surface area contributed by atoms with Crippen molar-refractivity contribution in [1.29, 1.82) is 0 Å². The van der Waals surface area contributed by atoms with Gasteiger partial charge in [-0.25, -0.2) is 0 Å². The fourth-order valence-corrected chi connectivity index (χ4v) is 9.62. The van der Waals surface area contributed by atoms with Gasteiger partial charge in [-0.2, -0.15) is 0 Å². The maximum atomic E-state index is 2.46. The Morgan fingerprint density at radius 1 is 0.310 bits per heavy atom. The minimum absolute atomic E-state index is 0.504. The van der Waals surface area contributed by atoms with Crippen molar-refractivity contribution in [3.8, 4) is 33.4 Å². The van der Waals surface area contributed by atoms with Gasteiger partial charge in [0.25, 0.3) is 0 Å². The summed E-state index contributed by atoms with van der Waals surface area (Å²) in [5, 5.41) is 5.07. The topological polar surface area (TPSA) is 3.24 Å². The van der Waals surface area contributed by atoms with Crippen molar-refractivity contribution >= 4 is 38.6 Å². The van der Waals surface area contributed by atoms with Crippen molar-refractivity contribution in [1.82, 2.24) is 0 Å². The maximum Gasteiger partial charge on any atom is 0.0714 e. The molecule has 1 aliphatic carbocycles. The molecular weight excluding hydrogens is 699 g/mol. The third-order valence-corrected chi connectivity index (χ3v) is 12.1. The number of para-hydroxylation sites is 1. The van der Waals surface area contributed by atoms with Crippen LogP contribution in [0.5, 0.6) is 0 Å². The lowest BCUT2D eigenvalue weighted by Gasteiger charge is -2.35. The van der Waals surface area contributed by atoms with E-state index in [4.69, 9.17) is 0 Å². The first-order valence-corrected chi connectivity index (χ1v) is 20.1. The zero-order chi connectivity index (χ0) is 38.5. The second-order valence-electron chi connectivity index (χ2n) is 15.2. The maximum absolute atomic E-state index is 2.46. The van der Waals surface area contributed by atoms with Crippen LogP contribution in [0.3, 0.4) is 0 Å². The SMILES string of the molecule is c1ccc(-c2ccccc2N(c2ccc(-c3cccc4ccc5ccccc5c34)cc2)c2ccc3c(c2)C(c2ccccc2)(c2ccccc2)c2ccccc2-3)cc1. The van der Waals surface area contributed by atoms with Gasteiger partial charge in [0.05, 0.1) is 11.1 Å². The number of benzene rings is 10. The van der Waals surface area contributed by atoms with E-state index in [0.29, 0.717) is 0 Å². The molecule has 0 heterocycles. The van der Waals surface area contributed by atoms with Crippen LogP contribution in [0.4, 0.5) is 17.1 Å². The third kappa shape index (κ3) is 5.32. The van der Waals surface area contributed by atoms with Crippen LogP contribution in [0, 0.1) is 0 Å². The Balaban J connectivity index is 1.15. The average molecular weight is 738 g/mol. The number of hydrogen-bond acceptors (Lipinski definition) is 1. The van der Waals surface area contributed by atoms with E-state index < -0.39 is 5.41 Å². The molecule has 0 fully saturated rings. The Kier molecular flexibility index (Phi) is 8.12. The van der Waals surface area contributed by atoms with Gasteiger partial charge in [0.2, 0.25) is 0 Å². The predicted molar refractivity (Wildman–Crippen MR) is 244 cm³/mol. The van der Waals surface area contributed by atoms with Gasteiger partial charge < -0.3 is 4.90 Å². The molecule has 1 aliphatic rings. The van der Waals surface area contributed by atoms with Crippen LogP contribution >= 0.6 is 0 Å². The summed E-state index contributed by atoms with van der Waals surface area (Å²) in [6.45, 7) is 0. The Bertz CT molecular complexity index is 3050. The van der Waals surface area contributed by atoms with E-state index >= 15 is 0 Å². The van der Waals surface area contributed by atoms with E-state index in [1.54, 1.807) is 0 Å². The summed E-state index contributed by atoms with van der Waals surface area (Å²) in [5.74, 6) is 0. The minimum atomic E-state index is -0.504. The van der Waals surface area contributed by atoms with Crippen LogP contribution in [0.2, 0.25) is 0 Å². The fraction of sp³-hybridized carbons (Fsp3) is 0.0175. The molecule has 0 amide bonds. The summed E-state index contributed by atoms with van der Waals surface area (Å²) in [5.41, 5.74) is 15.3. The molecule has 0 unspecified atom stereocenters. The molecule has 0 spiro atoms. The van der Waals surface area contributed by atoms with E-state index in [1.165, 1.54) is 77.2 Å².